The van der Waals surface area contributed by atoms with Gasteiger partial charge >= 0.3 is 0 Å². The van der Waals surface area contributed by atoms with E-state index in [0.717, 1.165) is 0 Å². The minimum Gasteiger partial charge on any atom is -0.497 e. The number of rotatable bonds is 5. The minimum absolute atomic E-state index is 0.179. The fraction of sp³-hybridized carbons (Fsp3) is 0.200. The second-order valence-corrected chi connectivity index (χ2v) is 7.29. The van der Waals surface area contributed by atoms with Gasteiger partial charge in [-0.05, 0) is 58.4 Å². The van der Waals surface area contributed by atoms with Gasteiger partial charge in [-0.3, -0.25) is 4.31 Å². The van der Waals surface area contributed by atoms with Crippen LogP contribution in [0.15, 0.2) is 51.8 Å². The Balaban J connectivity index is 2.37. The van der Waals surface area contributed by atoms with Crippen LogP contribution in [0.2, 0.25) is 0 Å². The normalized spacial score (nSPS) is 11.1. The molecule has 5 nitrogen and oxygen atoms in total. The van der Waals surface area contributed by atoms with Crippen LogP contribution < -0.4 is 13.8 Å². The first-order valence-corrected chi connectivity index (χ1v) is 8.60. The molecule has 0 spiro atoms. The largest absolute Gasteiger partial charge is 0.497 e. The number of anilines is 1. The van der Waals surface area contributed by atoms with Gasteiger partial charge in [-0.25, -0.2) is 8.42 Å². The molecule has 0 amide bonds. The number of halogens is 1. The van der Waals surface area contributed by atoms with E-state index in [1.54, 1.807) is 37.4 Å². The molecule has 0 aliphatic heterocycles. The molecule has 0 unspecified atom stereocenters. The van der Waals surface area contributed by atoms with Crippen molar-refractivity contribution in [2.24, 2.45) is 0 Å². The van der Waals surface area contributed by atoms with E-state index < -0.39 is 10.0 Å². The molecule has 2 rings (SSSR count). The number of methoxy groups -OCH3 is 2. The van der Waals surface area contributed by atoms with Crippen molar-refractivity contribution in [3.8, 4) is 11.5 Å². The Labute approximate surface area is 138 Å². The smallest absolute Gasteiger partial charge is 0.264 e. The molecule has 0 N–H and O–H groups in total. The molecule has 2 aromatic rings. The lowest BCUT2D eigenvalue weighted by Gasteiger charge is -2.20. The number of hydrogen-bond donors (Lipinski definition) is 0. The van der Waals surface area contributed by atoms with Gasteiger partial charge in [0.1, 0.15) is 11.5 Å². The maximum Gasteiger partial charge on any atom is 0.264 e. The summed E-state index contributed by atoms with van der Waals surface area (Å²) in [6, 6.07) is 11.5. The molecule has 0 aromatic heterocycles. The lowest BCUT2D eigenvalue weighted by Crippen LogP contribution is -2.26. The quantitative estimate of drug-likeness (QED) is 0.792. The van der Waals surface area contributed by atoms with E-state index in [0.29, 0.717) is 21.7 Å². The summed E-state index contributed by atoms with van der Waals surface area (Å²) >= 11 is 3.30. The van der Waals surface area contributed by atoms with Crippen molar-refractivity contribution in [1.82, 2.24) is 0 Å². The number of hydrogen-bond acceptors (Lipinski definition) is 4. The van der Waals surface area contributed by atoms with E-state index in [-0.39, 0.29) is 4.90 Å². The third-order valence-electron chi connectivity index (χ3n) is 3.22. The highest BCUT2D eigenvalue weighted by atomic mass is 79.9. The van der Waals surface area contributed by atoms with E-state index >= 15 is 0 Å². The van der Waals surface area contributed by atoms with Crippen LogP contribution in [0, 0.1) is 0 Å². The summed E-state index contributed by atoms with van der Waals surface area (Å²) in [4.78, 5) is 0.179. The molecule has 118 valence electrons. The Morgan fingerprint density at radius 3 is 2.14 bits per heavy atom. The lowest BCUT2D eigenvalue weighted by molar-refractivity contribution is 0.411. The summed E-state index contributed by atoms with van der Waals surface area (Å²) in [6.07, 6.45) is 0. The van der Waals surface area contributed by atoms with Gasteiger partial charge in [-0.1, -0.05) is 0 Å². The van der Waals surface area contributed by atoms with Crippen molar-refractivity contribution < 1.29 is 17.9 Å². The molecule has 0 fully saturated rings. The molecule has 0 aliphatic rings. The molecule has 0 heterocycles. The molecular formula is C15H16BrNO4S. The van der Waals surface area contributed by atoms with Gasteiger partial charge in [0, 0.05) is 7.05 Å². The topological polar surface area (TPSA) is 55.8 Å². The van der Waals surface area contributed by atoms with Crippen LogP contribution in [-0.4, -0.2) is 29.7 Å². The Hall–Kier alpha value is -1.73. The molecule has 0 saturated carbocycles. The van der Waals surface area contributed by atoms with Gasteiger partial charge in [-0.15, -0.1) is 0 Å². The molecule has 22 heavy (non-hydrogen) atoms. The molecule has 2 aromatic carbocycles. The fourth-order valence-corrected chi connectivity index (χ4v) is 3.81. The Kier molecular flexibility index (Phi) is 4.97. The Bertz CT molecular complexity index is 760. The van der Waals surface area contributed by atoms with Crippen LogP contribution >= 0.6 is 15.9 Å². The van der Waals surface area contributed by atoms with Crippen LogP contribution in [0.3, 0.4) is 0 Å². The highest BCUT2D eigenvalue weighted by Crippen LogP contribution is 2.30. The predicted molar refractivity (Wildman–Crippen MR) is 89.3 cm³/mol. The average Bonchev–Trinajstić information content (AvgIpc) is 2.54. The summed E-state index contributed by atoms with van der Waals surface area (Å²) in [5.41, 5.74) is 0.549. The van der Waals surface area contributed by atoms with E-state index in [9.17, 15) is 8.42 Å². The van der Waals surface area contributed by atoms with Crippen LogP contribution in [0.1, 0.15) is 0 Å². The first-order chi connectivity index (χ1) is 10.4. The van der Waals surface area contributed by atoms with Gasteiger partial charge in [0.05, 0.1) is 29.3 Å². The van der Waals surface area contributed by atoms with Crippen molar-refractivity contribution in [2.45, 2.75) is 4.90 Å². The van der Waals surface area contributed by atoms with Crippen molar-refractivity contribution in [1.29, 1.82) is 0 Å². The zero-order chi connectivity index (χ0) is 16.3. The molecule has 0 bridgehead atoms. The first kappa shape index (κ1) is 16.6. The van der Waals surface area contributed by atoms with Gasteiger partial charge < -0.3 is 9.47 Å². The van der Waals surface area contributed by atoms with Crippen molar-refractivity contribution in [3.05, 3.63) is 46.9 Å². The van der Waals surface area contributed by atoms with E-state index in [1.165, 1.54) is 30.6 Å². The van der Waals surface area contributed by atoms with Crippen LogP contribution in [-0.2, 0) is 10.0 Å². The predicted octanol–water partition coefficient (Wildman–Crippen LogP) is 3.29. The molecule has 7 heteroatoms. The Morgan fingerprint density at radius 2 is 1.64 bits per heavy atom. The maximum absolute atomic E-state index is 12.7. The van der Waals surface area contributed by atoms with Crippen molar-refractivity contribution >= 4 is 31.6 Å². The van der Waals surface area contributed by atoms with E-state index in [2.05, 4.69) is 15.9 Å². The summed E-state index contributed by atoms with van der Waals surface area (Å²) < 4.78 is 37.3. The second-order valence-electron chi connectivity index (χ2n) is 4.47. The summed E-state index contributed by atoms with van der Waals surface area (Å²) in [5, 5.41) is 0. The summed E-state index contributed by atoms with van der Waals surface area (Å²) in [6.45, 7) is 0. The lowest BCUT2D eigenvalue weighted by atomic mass is 10.3. The third-order valence-corrected chi connectivity index (χ3v) is 5.62. The standard InChI is InChI=1S/C15H16BrNO4S/c1-17(11-4-6-12(20-2)7-5-11)22(18,19)13-8-9-15(21-3)14(16)10-13/h4-10H,1-3H3. The van der Waals surface area contributed by atoms with Gasteiger partial charge in [-0.2, -0.15) is 0 Å². The molecule has 0 saturated heterocycles. The number of benzene rings is 2. The maximum atomic E-state index is 12.7. The van der Waals surface area contributed by atoms with Gasteiger partial charge in [0.15, 0.2) is 0 Å². The monoisotopic (exact) mass is 385 g/mol. The van der Waals surface area contributed by atoms with Gasteiger partial charge in [0.2, 0.25) is 0 Å². The highest BCUT2D eigenvalue weighted by Gasteiger charge is 2.22. The minimum atomic E-state index is -3.65. The average molecular weight is 386 g/mol. The SMILES string of the molecule is COc1ccc(N(C)S(=O)(=O)c2ccc(OC)c(Br)c2)cc1. The van der Waals surface area contributed by atoms with Crippen molar-refractivity contribution in [3.63, 3.8) is 0 Å². The van der Waals surface area contributed by atoms with Crippen molar-refractivity contribution in [2.75, 3.05) is 25.6 Å². The summed E-state index contributed by atoms with van der Waals surface area (Å²) in [7, 11) is 0.942. The number of sulfonamides is 1. The molecular weight excluding hydrogens is 370 g/mol. The van der Waals surface area contributed by atoms with E-state index in [1.807, 2.05) is 0 Å². The third kappa shape index (κ3) is 3.20. The van der Waals surface area contributed by atoms with Gasteiger partial charge in [0.25, 0.3) is 10.0 Å². The molecule has 0 radical (unpaired) electrons. The first-order valence-electron chi connectivity index (χ1n) is 6.36. The van der Waals surface area contributed by atoms with Crippen LogP contribution in [0.25, 0.3) is 0 Å². The Morgan fingerprint density at radius 1 is 1.00 bits per heavy atom. The highest BCUT2D eigenvalue weighted by molar-refractivity contribution is 9.10. The fourth-order valence-electron chi connectivity index (χ4n) is 1.90. The number of ether oxygens (including phenoxy) is 2. The zero-order valence-electron chi connectivity index (χ0n) is 12.4. The number of nitrogens with zero attached hydrogens (tertiary/aromatic N) is 1. The van der Waals surface area contributed by atoms with Crippen LogP contribution in [0.4, 0.5) is 5.69 Å². The van der Waals surface area contributed by atoms with Crippen LogP contribution in [0.5, 0.6) is 11.5 Å². The summed E-state index contributed by atoms with van der Waals surface area (Å²) in [5.74, 6) is 1.24. The molecule has 0 atom stereocenters. The molecule has 0 aliphatic carbocycles. The van der Waals surface area contributed by atoms with E-state index in [4.69, 9.17) is 9.47 Å². The second kappa shape index (κ2) is 6.58. The zero-order valence-corrected chi connectivity index (χ0v) is 14.8.